The van der Waals surface area contributed by atoms with E-state index in [4.69, 9.17) is 0 Å². The van der Waals surface area contributed by atoms with Gasteiger partial charge in [-0.2, -0.15) is 0 Å². The van der Waals surface area contributed by atoms with Crippen molar-refractivity contribution in [1.82, 2.24) is 20.3 Å². The molecule has 0 aliphatic carbocycles. The highest BCUT2D eigenvalue weighted by Crippen LogP contribution is 2.27. The third kappa shape index (κ3) is 1.78. The summed E-state index contributed by atoms with van der Waals surface area (Å²) in [5.41, 5.74) is 0.817. The zero-order chi connectivity index (χ0) is 9.97. The highest BCUT2D eigenvalue weighted by Gasteiger charge is 2.25. The van der Waals surface area contributed by atoms with E-state index in [0.29, 0.717) is 5.92 Å². The summed E-state index contributed by atoms with van der Waals surface area (Å²) in [6.07, 6.45) is 3.27. The second-order valence-electron chi connectivity index (χ2n) is 3.81. The largest absolute Gasteiger partial charge is 0.386 e. The zero-order valence-electron chi connectivity index (χ0n) is 8.35. The minimum atomic E-state index is -0.419. The minimum Gasteiger partial charge on any atom is -0.386 e. The molecule has 0 radical (unpaired) electrons. The lowest BCUT2D eigenvalue weighted by Gasteiger charge is -2.26. The fourth-order valence-electron chi connectivity index (χ4n) is 1.97. The van der Waals surface area contributed by atoms with Gasteiger partial charge in [-0.15, -0.1) is 5.10 Å². The maximum absolute atomic E-state index is 10.1. The molecule has 1 aliphatic heterocycles. The Kier molecular flexibility index (Phi) is 2.79. The monoisotopic (exact) mass is 196 g/mol. The summed E-state index contributed by atoms with van der Waals surface area (Å²) in [6, 6.07) is 0. The first kappa shape index (κ1) is 9.61. The van der Waals surface area contributed by atoms with Gasteiger partial charge in [0.15, 0.2) is 0 Å². The van der Waals surface area contributed by atoms with Crippen LogP contribution in [0.3, 0.4) is 0 Å². The molecule has 1 unspecified atom stereocenters. The number of rotatable bonds is 2. The third-order valence-corrected chi connectivity index (χ3v) is 2.88. The fourth-order valence-corrected chi connectivity index (χ4v) is 1.97. The van der Waals surface area contributed by atoms with Gasteiger partial charge in [-0.1, -0.05) is 5.21 Å². The Bertz CT molecular complexity index is 293. The minimum absolute atomic E-state index is 0.341. The highest BCUT2D eigenvalue weighted by molar-refractivity contribution is 5.01. The number of aliphatic hydroxyl groups excluding tert-OH is 1. The molecule has 0 bridgehead atoms. The molecule has 0 spiro atoms. The summed E-state index contributed by atoms with van der Waals surface area (Å²) in [6.45, 7) is 1.99. The van der Waals surface area contributed by atoms with E-state index < -0.39 is 6.10 Å². The topological polar surface area (TPSA) is 63.0 Å². The number of piperidine rings is 1. The molecular weight excluding hydrogens is 180 g/mol. The summed E-state index contributed by atoms with van der Waals surface area (Å²) in [7, 11) is 1.81. The van der Waals surface area contributed by atoms with Crippen molar-refractivity contribution in [3.8, 4) is 0 Å². The number of hydrogen-bond donors (Lipinski definition) is 2. The van der Waals surface area contributed by atoms with Crippen LogP contribution < -0.4 is 5.32 Å². The van der Waals surface area contributed by atoms with Gasteiger partial charge in [0.05, 0.1) is 11.9 Å². The fraction of sp³-hybridized carbons (Fsp3) is 0.778. The van der Waals surface area contributed by atoms with E-state index in [9.17, 15) is 5.11 Å². The van der Waals surface area contributed by atoms with Crippen LogP contribution in [0.1, 0.15) is 24.6 Å². The van der Waals surface area contributed by atoms with E-state index in [0.717, 1.165) is 31.6 Å². The van der Waals surface area contributed by atoms with Crippen molar-refractivity contribution in [2.45, 2.75) is 18.9 Å². The lowest BCUT2D eigenvalue weighted by atomic mass is 9.91. The highest BCUT2D eigenvalue weighted by atomic mass is 16.3. The van der Waals surface area contributed by atoms with Crippen LogP contribution in [0.4, 0.5) is 0 Å². The van der Waals surface area contributed by atoms with Crippen molar-refractivity contribution in [3.05, 3.63) is 11.9 Å². The Labute approximate surface area is 83.1 Å². The summed E-state index contributed by atoms with van der Waals surface area (Å²) in [4.78, 5) is 0. The Morgan fingerprint density at radius 1 is 1.57 bits per heavy atom. The van der Waals surface area contributed by atoms with Gasteiger partial charge < -0.3 is 10.4 Å². The van der Waals surface area contributed by atoms with Crippen molar-refractivity contribution < 1.29 is 5.11 Å². The molecule has 5 heteroatoms. The predicted octanol–water partition coefficient (Wildman–Crippen LogP) is -0.152. The molecule has 0 aromatic carbocycles. The smallest absolute Gasteiger partial charge is 0.100 e. The average molecular weight is 196 g/mol. The van der Waals surface area contributed by atoms with E-state index >= 15 is 0 Å². The second-order valence-corrected chi connectivity index (χ2v) is 3.81. The lowest BCUT2D eigenvalue weighted by Crippen LogP contribution is -2.31. The molecule has 1 atom stereocenters. The van der Waals surface area contributed by atoms with Gasteiger partial charge in [-0.05, 0) is 31.8 Å². The Balaban J connectivity index is 2.07. The Hall–Kier alpha value is -0.940. The number of aromatic nitrogens is 3. The molecule has 2 N–H and O–H groups in total. The molecular formula is C9H16N4O. The van der Waals surface area contributed by atoms with Crippen molar-refractivity contribution in [2.24, 2.45) is 13.0 Å². The molecule has 1 aromatic heterocycles. The van der Waals surface area contributed by atoms with E-state index in [1.165, 1.54) is 0 Å². The molecule has 2 heterocycles. The van der Waals surface area contributed by atoms with E-state index in [1.54, 1.807) is 10.9 Å². The van der Waals surface area contributed by atoms with Gasteiger partial charge in [0.25, 0.3) is 0 Å². The van der Waals surface area contributed by atoms with Crippen molar-refractivity contribution in [2.75, 3.05) is 13.1 Å². The maximum Gasteiger partial charge on any atom is 0.100 e. The average Bonchev–Trinajstić information content (AvgIpc) is 2.65. The predicted molar refractivity (Wildman–Crippen MR) is 51.6 cm³/mol. The van der Waals surface area contributed by atoms with Crippen LogP contribution in [-0.4, -0.2) is 33.2 Å². The van der Waals surface area contributed by atoms with Gasteiger partial charge in [-0.25, -0.2) is 4.68 Å². The quantitative estimate of drug-likeness (QED) is 0.690. The van der Waals surface area contributed by atoms with Gasteiger partial charge in [-0.3, -0.25) is 0 Å². The second kappa shape index (κ2) is 4.06. The molecule has 1 aromatic rings. The molecule has 5 nitrogen and oxygen atoms in total. The third-order valence-electron chi connectivity index (χ3n) is 2.88. The SMILES string of the molecule is Cn1nncc1C(O)C1CCNCC1. The van der Waals surface area contributed by atoms with Crippen LogP contribution in [0.5, 0.6) is 0 Å². The van der Waals surface area contributed by atoms with Crippen LogP contribution in [0.15, 0.2) is 6.20 Å². The number of nitrogens with zero attached hydrogens (tertiary/aromatic N) is 3. The van der Waals surface area contributed by atoms with Gasteiger partial charge in [0, 0.05) is 7.05 Å². The number of aryl methyl sites for hydroxylation is 1. The van der Waals surface area contributed by atoms with Crippen molar-refractivity contribution >= 4 is 0 Å². The summed E-state index contributed by atoms with van der Waals surface area (Å²) >= 11 is 0. The molecule has 0 saturated carbocycles. The normalized spacial score (nSPS) is 21.0. The molecule has 1 saturated heterocycles. The van der Waals surface area contributed by atoms with Crippen molar-refractivity contribution in [3.63, 3.8) is 0 Å². The Morgan fingerprint density at radius 2 is 2.29 bits per heavy atom. The van der Waals surface area contributed by atoms with Crippen LogP contribution in [0, 0.1) is 5.92 Å². The van der Waals surface area contributed by atoms with Crippen LogP contribution in [0.25, 0.3) is 0 Å². The van der Waals surface area contributed by atoms with E-state index in [-0.39, 0.29) is 0 Å². The van der Waals surface area contributed by atoms with Crippen LogP contribution in [-0.2, 0) is 7.05 Å². The first-order chi connectivity index (χ1) is 6.79. The van der Waals surface area contributed by atoms with Gasteiger partial charge in [0.1, 0.15) is 6.10 Å². The molecule has 1 fully saturated rings. The first-order valence-electron chi connectivity index (χ1n) is 5.02. The number of aliphatic hydroxyl groups is 1. The maximum atomic E-state index is 10.1. The number of hydrogen-bond acceptors (Lipinski definition) is 4. The molecule has 0 amide bonds. The number of nitrogens with one attached hydrogen (secondary N) is 1. The van der Waals surface area contributed by atoms with Gasteiger partial charge >= 0.3 is 0 Å². The molecule has 14 heavy (non-hydrogen) atoms. The first-order valence-corrected chi connectivity index (χ1v) is 5.02. The Morgan fingerprint density at radius 3 is 2.86 bits per heavy atom. The summed E-state index contributed by atoms with van der Waals surface area (Å²) in [5, 5.41) is 21.0. The molecule has 2 rings (SSSR count). The standard InChI is InChI=1S/C9H16N4O/c1-13-8(6-11-12-13)9(14)7-2-4-10-5-3-7/h6-7,9-10,14H,2-5H2,1H3. The zero-order valence-corrected chi connectivity index (χ0v) is 8.35. The van der Waals surface area contributed by atoms with E-state index in [1.807, 2.05) is 7.05 Å². The lowest BCUT2D eigenvalue weighted by molar-refractivity contribution is 0.0817. The molecule has 1 aliphatic rings. The van der Waals surface area contributed by atoms with Crippen LogP contribution in [0.2, 0.25) is 0 Å². The van der Waals surface area contributed by atoms with Crippen LogP contribution >= 0.6 is 0 Å². The summed E-state index contributed by atoms with van der Waals surface area (Å²) in [5.74, 6) is 0.341. The van der Waals surface area contributed by atoms with E-state index in [2.05, 4.69) is 15.6 Å². The molecule has 78 valence electrons. The van der Waals surface area contributed by atoms with Gasteiger partial charge in [0.2, 0.25) is 0 Å². The summed E-state index contributed by atoms with van der Waals surface area (Å²) < 4.78 is 1.65. The van der Waals surface area contributed by atoms with Crippen molar-refractivity contribution in [1.29, 1.82) is 0 Å².